The summed E-state index contributed by atoms with van der Waals surface area (Å²) in [6.45, 7) is 2.32. The van der Waals surface area contributed by atoms with Crippen molar-refractivity contribution in [1.29, 1.82) is 0 Å². The number of fused-ring (bicyclic) bond motifs is 1. The Morgan fingerprint density at radius 1 is 1.07 bits per heavy atom. The molecule has 0 bridgehead atoms. The van der Waals surface area contributed by atoms with E-state index in [0.717, 1.165) is 12.4 Å². The Morgan fingerprint density at radius 3 is 2.54 bits per heavy atom. The van der Waals surface area contributed by atoms with E-state index < -0.39 is 29.8 Å². The molecule has 0 aliphatic heterocycles. The van der Waals surface area contributed by atoms with E-state index in [-0.39, 0.29) is 24.5 Å². The van der Waals surface area contributed by atoms with E-state index in [0.29, 0.717) is 16.6 Å². The lowest BCUT2D eigenvalue weighted by Gasteiger charge is -2.25. The van der Waals surface area contributed by atoms with Crippen LogP contribution in [0.5, 0.6) is 0 Å². The normalized spacial score (nSPS) is 12.7. The number of hydrogen-bond acceptors (Lipinski definition) is 4. The van der Waals surface area contributed by atoms with E-state index in [1.807, 2.05) is 0 Å². The SMILES string of the molecule is CC(C)(CNCC(F)(F)F)Cc1nc(-c2c[nH]c3ncc(F)cc23)ncc1F. The lowest BCUT2D eigenvalue weighted by Crippen LogP contribution is -2.37. The Labute approximate surface area is 157 Å². The molecule has 10 heteroatoms. The molecule has 3 heterocycles. The molecule has 0 saturated carbocycles. The fraction of sp³-hybridized carbons (Fsp3) is 0.389. The summed E-state index contributed by atoms with van der Waals surface area (Å²) in [6.07, 6.45) is -0.612. The third-order valence-corrected chi connectivity index (χ3v) is 4.13. The summed E-state index contributed by atoms with van der Waals surface area (Å²) >= 11 is 0. The fourth-order valence-electron chi connectivity index (χ4n) is 2.88. The van der Waals surface area contributed by atoms with Crippen molar-refractivity contribution in [3.8, 4) is 11.4 Å². The summed E-state index contributed by atoms with van der Waals surface area (Å²) in [5.41, 5.74) is 0.271. The van der Waals surface area contributed by atoms with Gasteiger partial charge in [-0.1, -0.05) is 13.8 Å². The summed E-state index contributed by atoms with van der Waals surface area (Å²) in [6, 6.07) is 1.27. The third-order valence-electron chi connectivity index (χ3n) is 4.13. The van der Waals surface area contributed by atoms with Gasteiger partial charge in [0, 0.05) is 23.7 Å². The second-order valence-corrected chi connectivity index (χ2v) is 7.30. The Kier molecular flexibility index (Phi) is 5.33. The predicted molar refractivity (Wildman–Crippen MR) is 93.4 cm³/mol. The second-order valence-electron chi connectivity index (χ2n) is 7.30. The predicted octanol–water partition coefficient (Wildman–Crippen LogP) is 4.02. The van der Waals surface area contributed by atoms with Crippen LogP contribution in [0, 0.1) is 17.0 Å². The Morgan fingerprint density at radius 2 is 1.82 bits per heavy atom. The van der Waals surface area contributed by atoms with Gasteiger partial charge in [-0.05, 0) is 17.9 Å². The number of halogens is 5. The van der Waals surface area contributed by atoms with Crippen LogP contribution in [0.3, 0.4) is 0 Å². The van der Waals surface area contributed by atoms with E-state index in [9.17, 15) is 22.0 Å². The van der Waals surface area contributed by atoms with Gasteiger partial charge in [-0.2, -0.15) is 13.2 Å². The van der Waals surface area contributed by atoms with Crippen molar-refractivity contribution >= 4 is 11.0 Å². The van der Waals surface area contributed by atoms with Gasteiger partial charge in [-0.25, -0.2) is 23.7 Å². The Bertz CT molecular complexity index is 980. The average Bonchev–Trinajstić information content (AvgIpc) is 2.98. The molecule has 150 valence electrons. The standard InChI is InChI=1S/C18H18F5N5/c1-17(2,8-24-9-18(21,22)23)4-14-13(20)7-27-16(28-14)12-6-26-15-11(12)3-10(19)5-25-15/h3,5-7,24H,4,8-9H2,1-2H3,(H,25,26). The first-order chi connectivity index (χ1) is 13.0. The van der Waals surface area contributed by atoms with Crippen LogP contribution in [0.1, 0.15) is 19.5 Å². The molecule has 0 aromatic carbocycles. The maximum absolute atomic E-state index is 14.2. The number of H-pyrrole nitrogens is 1. The number of nitrogens with one attached hydrogen (secondary N) is 2. The molecule has 0 fully saturated rings. The van der Waals surface area contributed by atoms with Crippen LogP contribution < -0.4 is 5.32 Å². The number of aromatic amines is 1. The fourth-order valence-corrected chi connectivity index (χ4v) is 2.88. The summed E-state index contributed by atoms with van der Waals surface area (Å²) < 4.78 is 64.7. The number of nitrogens with zero attached hydrogens (tertiary/aromatic N) is 3. The molecule has 0 saturated heterocycles. The van der Waals surface area contributed by atoms with Crippen LogP contribution >= 0.6 is 0 Å². The highest BCUT2D eigenvalue weighted by molar-refractivity contribution is 5.91. The Hall–Kier alpha value is -2.62. The van der Waals surface area contributed by atoms with Crippen molar-refractivity contribution < 1.29 is 22.0 Å². The first-order valence-electron chi connectivity index (χ1n) is 8.46. The summed E-state index contributed by atoms with van der Waals surface area (Å²) in [4.78, 5) is 15.0. The molecule has 0 atom stereocenters. The van der Waals surface area contributed by atoms with Gasteiger partial charge in [0.15, 0.2) is 11.6 Å². The smallest absolute Gasteiger partial charge is 0.345 e. The zero-order valence-corrected chi connectivity index (χ0v) is 15.2. The van der Waals surface area contributed by atoms with Crippen LogP contribution in [-0.4, -0.2) is 39.2 Å². The lowest BCUT2D eigenvalue weighted by atomic mass is 9.87. The molecule has 5 nitrogen and oxygen atoms in total. The van der Waals surface area contributed by atoms with Crippen molar-refractivity contribution in [2.75, 3.05) is 13.1 Å². The second kappa shape index (κ2) is 7.42. The van der Waals surface area contributed by atoms with Gasteiger partial charge in [0.25, 0.3) is 0 Å². The molecular weight excluding hydrogens is 381 g/mol. The number of aromatic nitrogens is 4. The number of pyridine rings is 1. The van der Waals surface area contributed by atoms with Gasteiger partial charge in [0.1, 0.15) is 11.5 Å². The van der Waals surface area contributed by atoms with Crippen LogP contribution in [0.4, 0.5) is 22.0 Å². The molecule has 3 aromatic heterocycles. The maximum Gasteiger partial charge on any atom is 0.401 e. The largest absolute Gasteiger partial charge is 0.401 e. The topological polar surface area (TPSA) is 66.5 Å². The highest BCUT2D eigenvalue weighted by atomic mass is 19.4. The molecule has 28 heavy (non-hydrogen) atoms. The van der Waals surface area contributed by atoms with Crippen molar-refractivity contribution in [2.24, 2.45) is 5.41 Å². The minimum absolute atomic E-state index is 0.0213. The van der Waals surface area contributed by atoms with Crippen molar-refractivity contribution in [2.45, 2.75) is 26.4 Å². The van der Waals surface area contributed by atoms with Crippen molar-refractivity contribution in [3.05, 3.63) is 42.0 Å². The molecule has 3 rings (SSSR count). The number of rotatable bonds is 6. The van der Waals surface area contributed by atoms with Gasteiger partial charge >= 0.3 is 6.18 Å². The highest BCUT2D eigenvalue weighted by Crippen LogP contribution is 2.28. The molecule has 0 amide bonds. The van der Waals surface area contributed by atoms with Gasteiger partial charge < -0.3 is 10.3 Å². The molecule has 0 aliphatic rings. The maximum atomic E-state index is 14.2. The van der Waals surface area contributed by atoms with Crippen molar-refractivity contribution in [3.63, 3.8) is 0 Å². The zero-order chi connectivity index (χ0) is 20.5. The minimum Gasteiger partial charge on any atom is -0.345 e. The number of hydrogen-bond donors (Lipinski definition) is 2. The lowest BCUT2D eigenvalue weighted by molar-refractivity contribution is -0.125. The molecule has 3 aromatic rings. The van der Waals surface area contributed by atoms with Crippen LogP contribution in [-0.2, 0) is 6.42 Å². The van der Waals surface area contributed by atoms with E-state index in [1.165, 1.54) is 6.07 Å². The summed E-state index contributed by atoms with van der Waals surface area (Å²) in [7, 11) is 0. The first-order valence-corrected chi connectivity index (χ1v) is 8.46. The molecular formula is C18H18F5N5. The van der Waals surface area contributed by atoms with Gasteiger partial charge in [-0.3, -0.25) is 0 Å². The molecule has 0 unspecified atom stereocenters. The first kappa shape index (κ1) is 20.1. The van der Waals surface area contributed by atoms with Gasteiger partial charge in [0.05, 0.1) is 24.6 Å². The number of alkyl halides is 3. The van der Waals surface area contributed by atoms with Crippen molar-refractivity contribution in [1.82, 2.24) is 25.3 Å². The third kappa shape index (κ3) is 4.80. The van der Waals surface area contributed by atoms with Crippen LogP contribution in [0.2, 0.25) is 0 Å². The van der Waals surface area contributed by atoms with Gasteiger partial charge in [-0.15, -0.1) is 0 Å². The molecule has 0 spiro atoms. The monoisotopic (exact) mass is 399 g/mol. The van der Waals surface area contributed by atoms with E-state index in [2.05, 4.69) is 25.3 Å². The quantitative estimate of drug-likeness (QED) is 0.615. The minimum atomic E-state index is -4.32. The van der Waals surface area contributed by atoms with Gasteiger partial charge in [0.2, 0.25) is 0 Å². The van der Waals surface area contributed by atoms with E-state index in [4.69, 9.17) is 0 Å². The summed E-state index contributed by atoms with van der Waals surface area (Å²) in [5.74, 6) is -1.02. The zero-order valence-electron chi connectivity index (χ0n) is 15.2. The molecule has 0 aliphatic carbocycles. The summed E-state index contributed by atoms with van der Waals surface area (Å²) in [5, 5.41) is 2.78. The van der Waals surface area contributed by atoms with E-state index in [1.54, 1.807) is 20.0 Å². The molecule has 0 radical (unpaired) electrons. The highest BCUT2D eigenvalue weighted by Gasteiger charge is 2.29. The molecule has 2 N–H and O–H groups in total. The van der Waals surface area contributed by atoms with E-state index >= 15 is 0 Å². The van der Waals surface area contributed by atoms with Crippen LogP contribution in [0.25, 0.3) is 22.4 Å². The Balaban J connectivity index is 1.84. The van der Waals surface area contributed by atoms with Crippen LogP contribution in [0.15, 0.2) is 24.7 Å². The average molecular weight is 399 g/mol.